The number of likely N-dealkylation sites (tertiary alicyclic amines) is 1. The van der Waals surface area contributed by atoms with E-state index in [-0.39, 0.29) is 11.8 Å². The highest BCUT2D eigenvalue weighted by Crippen LogP contribution is 2.22. The van der Waals surface area contributed by atoms with Crippen LogP contribution in [0.2, 0.25) is 0 Å². The minimum Gasteiger partial charge on any atom is -0.327 e. The number of hydrogen-bond acceptors (Lipinski definition) is 3. The summed E-state index contributed by atoms with van der Waals surface area (Å²) in [5, 5.41) is 2.97. The quantitative estimate of drug-likeness (QED) is 0.681. The highest BCUT2D eigenvalue weighted by molar-refractivity contribution is 5.83. The number of rotatable bonds is 2. The largest absolute Gasteiger partial charge is 0.327 e. The van der Waals surface area contributed by atoms with Gasteiger partial charge in [-0.05, 0) is 6.08 Å². The highest BCUT2D eigenvalue weighted by Gasteiger charge is 2.30. The molecule has 1 fully saturated rings. The van der Waals surface area contributed by atoms with E-state index in [1.807, 2.05) is 6.08 Å². The normalized spacial score (nSPS) is 25.2. The Morgan fingerprint density at radius 3 is 3.07 bits per heavy atom. The molecule has 78 valence electrons. The van der Waals surface area contributed by atoms with Crippen molar-refractivity contribution in [3.05, 3.63) is 37.0 Å². The standard InChI is InChI=1S/C11H13N3O/c1-3-9-6-11(15)14(7-9)10-4-5-12-8(2)13-10/h3-5,9,13H,1-2,6-7H2. The summed E-state index contributed by atoms with van der Waals surface area (Å²) in [5.74, 6) is 1.67. The molecule has 2 aliphatic rings. The minimum absolute atomic E-state index is 0.113. The van der Waals surface area contributed by atoms with Gasteiger partial charge in [0, 0.05) is 25.1 Å². The van der Waals surface area contributed by atoms with Crippen LogP contribution in [0.25, 0.3) is 0 Å². The Morgan fingerprint density at radius 2 is 2.47 bits per heavy atom. The number of allylic oxidation sites excluding steroid dienone is 1. The summed E-state index contributed by atoms with van der Waals surface area (Å²) in [6, 6.07) is 0. The molecule has 4 nitrogen and oxygen atoms in total. The average molecular weight is 203 g/mol. The van der Waals surface area contributed by atoms with Crippen LogP contribution in [0.3, 0.4) is 0 Å². The van der Waals surface area contributed by atoms with Gasteiger partial charge in [0.2, 0.25) is 5.91 Å². The fourth-order valence-electron chi connectivity index (χ4n) is 1.70. The van der Waals surface area contributed by atoms with E-state index in [0.29, 0.717) is 18.8 Å². The van der Waals surface area contributed by atoms with Gasteiger partial charge in [0.1, 0.15) is 11.6 Å². The third-order valence-electron chi connectivity index (χ3n) is 2.51. The number of nitrogens with one attached hydrogen (secondary N) is 1. The van der Waals surface area contributed by atoms with Gasteiger partial charge in [-0.2, -0.15) is 0 Å². The molecule has 2 heterocycles. The lowest BCUT2D eigenvalue weighted by atomic mass is 10.1. The van der Waals surface area contributed by atoms with Crippen LogP contribution in [0.1, 0.15) is 6.42 Å². The Hall–Kier alpha value is -1.84. The zero-order chi connectivity index (χ0) is 10.8. The van der Waals surface area contributed by atoms with Gasteiger partial charge >= 0.3 is 0 Å². The van der Waals surface area contributed by atoms with Crippen molar-refractivity contribution in [3.8, 4) is 0 Å². The van der Waals surface area contributed by atoms with E-state index in [4.69, 9.17) is 0 Å². The first-order valence-corrected chi connectivity index (χ1v) is 4.84. The third-order valence-corrected chi connectivity index (χ3v) is 2.51. The van der Waals surface area contributed by atoms with Crippen molar-refractivity contribution in [2.45, 2.75) is 6.42 Å². The lowest BCUT2D eigenvalue weighted by Crippen LogP contribution is -2.33. The SMILES string of the molecule is C=CC1CC(=O)N(C2=CC=NC(=C)N2)C1. The van der Waals surface area contributed by atoms with Crippen molar-refractivity contribution < 1.29 is 4.79 Å². The number of aliphatic imine (C=N–C) groups is 1. The van der Waals surface area contributed by atoms with E-state index < -0.39 is 0 Å². The van der Waals surface area contributed by atoms with Crippen LogP contribution in [0.4, 0.5) is 0 Å². The summed E-state index contributed by atoms with van der Waals surface area (Å²) in [6.07, 6.45) is 5.77. The number of nitrogens with zero attached hydrogens (tertiary/aromatic N) is 2. The molecular formula is C11H13N3O. The number of carbonyl (C=O) groups is 1. The highest BCUT2D eigenvalue weighted by atomic mass is 16.2. The molecule has 1 saturated heterocycles. The van der Waals surface area contributed by atoms with Crippen LogP contribution in [0.5, 0.6) is 0 Å². The predicted molar refractivity (Wildman–Crippen MR) is 58.9 cm³/mol. The molecule has 0 aromatic carbocycles. The molecule has 0 aliphatic carbocycles. The maximum atomic E-state index is 11.7. The molecule has 0 aromatic heterocycles. The van der Waals surface area contributed by atoms with Gasteiger partial charge in [0.05, 0.1) is 0 Å². The van der Waals surface area contributed by atoms with Crippen LogP contribution >= 0.6 is 0 Å². The summed E-state index contributed by atoms with van der Waals surface area (Å²) in [6.45, 7) is 8.08. The van der Waals surface area contributed by atoms with Gasteiger partial charge in [0.15, 0.2) is 0 Å². The van der Waals surface area contributed by atoms with E-state index in [9.17, 15) is 4.79 Å². The topological polar surface area (TPSA) is 44.7 Å². The van der Waals surface area contributed by atoms with E-state index in [0.717, 1.165) is 5.82 Å². The molecule has 0 saturated carbocycles. The number of amides is 1. The second kappa shape index (κ2) is 3.73. The fraction of sp³-hybridized carbons (Fsp3) is 0.273. The smallest absolute Gasteiger partial charge is 0.228 e. The maximum Gasteiger partial charge on any atom is 0.228 e. The van der Waals surface area contributed by atoms with Crippen molar-refractivity contribution >= 4 is 12.1 Å². The first kappa shape index (κ1) is 9.71. The van der Waals surface area contributed by atoms with Crippen LogP contribution in [-0.2, 0) is 4.79 Å². The Morgan fingerprint density at radius 1 is 1.67 bits per heavy atom. The van der Waals surface area contributed by atoms with E-state index in [1.54, 1.807) is 17.2 Å². The van der Waals surface area contributed by atoms with Crippen LogP contribution < -0.4 is 5.32 Å². The lowest BCUT2D eigenvalue weighted by Gasteiger charge is -2.22. The third kappa shape index (κ3) is 1.83. The first-order chi connectivity index (χ1) is 7.20. The molecule has 1 atom stereocenters. The monoisotopic (exact) mass is 203 g/mol. The Labute approximate surface area is 88.7 Å². The molecule has 1 amide bonds. The van der Waals surface area contributed by atoms with Gasteiger partial charge in [-0.1, -0.05) is 12.7 Å². The van der Waals surface area contributed by atoms with Gasteiger partial charge in [-0.3, -0.25) is 9.69 Å². The van der Waals surface area contributed by atoms with Crippen molar-refractivity contribution in [2.24, 2.45) is 10.9 Å². The van der Waals surface area contributed by atoms with Gasteiger partial charge in [-0.25, -0.2) is 4.99 Å². The van der Waals surface area contributed by atoms with Crippen LogP contribution in [-0.4, -0.2) is 23.6 Å². The molecule has 0 aromatic rings. The molecule has 15 heavy (non-hydrogen) atoms. The molecule has 0 bridgehead atoms. The predicted octanol–water partition coefficient (Wildman–Crippen LogP) is 1.01. The molecule has 1 N–H and O–H groups in total. The molecule has 4 heteroatoms. The summed E-state index contributed by atoms with van der Waals surface area (Å²) in [4.78, 5) is 17.3. The summed E-state index contributed by atoms with van der Waals surface area (Å²) in [5.41, 5.74) is 0. The van der Waals surface area contributed by atoms with Crippen LogP contribution in [0.15, 0.2) is 41.9 Å². The first-order valence-electron chi connectivity index (χ1n) is 4.84. The van der Waals surface area contributed by atoms with Gasteiger partial charge in [0.25, 0.3) is 0 Å². The fourth-order valence-corrected chi connectivity index (χ4v) is 1.70. The van der Waals surface area contributed by atoms with Crippen LogP contribution in [0, 0.1) is 5.92 Å². The summed E-state index contributed by atoms with van der Waals surface area (Å²) < 4.78 is 0. The molecule has 0 spiro atoms. The Balaban J connectivity index is 2.15. The van der Waals surface area contributed by atoms with E-state index in [2.05, 4.69) is 23.5 Å². The van der Waals surface area contributed by atoms with Gasteiger partial charge in [-0.15, -0.1) is 6.58 Å². The average Bonchev–Trinajstić information content (AvgIpc) is 2.60. The second-order valence-electron chi connectivity index (χ2n) is 3.61. The Kier molecular flexibility index (Phi) is 2.41. The molecular weight excluding hydrogens is 190 g/mol. The molecule has 0 radical (unpaired) electrons. The molecule has 2 rings (SSSR count). The maximum absolute atomic E-state index is 11.7. The zero-order valence-electron chi connectivity index (χ0n) is 8.44. The molecule has 1 unspecified atom stereocenters. The summed E-state index contributed by atoms with van der Waals surface area (Å²) >= 11 is 0. The van der Waals surface area contributed by atoms with Crippen molar-refractivity contribution in [2.75, 3.05) is 6.54 Å². The van der Waals surface area contributed by atoms with Crippen molar-refractivity contribution in [1.82, 2.24) is 10.2 Å². The molecule has 2 aliphatic heterocycles. The minimum atomic E-state index is 0.113. The van der Waals surface area contributed by atoms with Crippen molar-refractivity contribution in [1.29, 1.82) is 0 Å². The van der Waals surface area contributed by atoms with E-state index >= 15 is 0 Å². The Bertz CT molecular complexity index is 381. The lowest BCUT2D eigenvalue weighted by molar-refractivity contribution is -0.126. The van der Waals surface area contributed by atoms with Gasteiger partial charge < -0.3 is 5.32 Å². The number of hydrogen-bond donors (Lipinski definition) is 1. The number of carbonyl (C=O) groups excluding carboxylic acids is 1. The van der Waals surface area contributed by atoms with Crippen molar-refractivity contribution in [3.63, 3.8) is 0 Å². The zero-order valence-corrected chi connectivity index (χ0v) is 8.44. The van der Waals surface area contributed by atoms with E-state index in [1.165, 1.54) is 0 Å². The summed E-state index contributed by atoms with van der Waals surface area (Å²) in [7, 11) is 0. The second-order valence-corrected chi connectivity index (χ2v) is 3.61.